The molecule has 0 aromatic carbocycles. The second kappa shape index (κ2) is 4.89. The van der Waals surface area contributed by atoms with Gasteiger partial charge >= 0.3 is 0 Å². The number of aromatic nitrogens is 2. The van der Waals surface area contributed by atoms with Crippen LogP contribution < -0.4 is 10.6 Å². The van der Waals surface area contributed by atoms with Gasteiger partial charge in [0.2, 0.25) is 5.91 Å². The van der Waals surface area contributed by atoms with Crippen molar-refractivity contribution in [3.63, 3.8) is 0 Å². The number of hydrogen-bond donors (Lipinski definition) is 3. The number of carbonyl (C=O) groups excluding carboxylic acids is 1. The van der Waals surface area contributed by atoms with Gasteiger partial charge in [0.1, 0.15) is 5.76 Å². The van der Waals surface area contributed by atoms with E-state index < -0.39 is 0 Å². The molecule has 3 heterocycles. The van der Waals surface area contributed by atoms with Crippen molar-refractivity contribution in [2.24, 2.45) is 0 Å². The Morgan fingerprint density at radius 1 is 1.63 bits per heavy atom. The maximum absolute atomic E-state index is 12.2. The standard InChI is InChI=1S/C13H16N4O2/c1-8(12-3-2-4-19-12)17-13(18)10-5-9-11(6-14-10)16-7-15-9/h2-4,7-8,10,14H,5-6H2,1H3,(H,15,16)(H,17,18)/t8-,10?/m0/s1. The molecule has 0 saturated heterocycles. The molecule has 0 spiro atoms. The van der Waals surface area contributed by atoms with Gasteiger partial charge in [-0.3, -0.25) is 10.1 Å². The van der Waals surface area contributed by atoms with E-state index in [0.29, 0.717) is 13.0 Å². The summed E-state index contributed by atoms with van der Waals surface area (Å²) in [4.78, 5) is 19.5. The Hall–Kier alpha value is -2.08. The van der Waals surface area contributed by atoms with Gasteiger partial charge in [-0.2, -0.15) is 0 Å². The lowest BCUT2D eigenvalue weighted by atomic mass is 10.0. The molecule has 2 atom stereocenters. The van der Waals surface area contributed by atoms with Crippen LogP contribution in [0.5, 0.6) is 0 Å². The fourth-order valence-electron chi connectivity index (χ4n) is 2.28. The predicted molar refractivity (Wildman–Crippen MR) is 68.2 cm³/mol. The molecule has 0 aliphatic carbocycles. The third-order valence-electron chi connectivity index (χ3n) is 3.38. The normalized spacial score (nSPS) is 19.7. The Labute approximate surface area is 110 Å². The van der Waals surface area contributed by atoms with E-state index in [-0.39, 0.29) is 18.0 Å². The summed E-state index contributed by atoms with van der Waals surface area (Å²) in [6.07, 6.45) is 3.88. The summed E-state index contributed by atoms with van der Waals surface area (Å²) in [6.45, 7) is 2.54. The number of rotatable bonds is 3. The van der Waals surface area contributed by atoms with Crippen molar-refractivity contribution >= 4 is 5.91 Å². The maximum atomic E-state index is 12.2. The number of nitrogens with zero attached hydrogens (tertiary/aromatic N) is 1. The molecule has 2 aromatic heterocycles. The highest BCUT2D eigenvalue weighted by atomic mass is 16.3. The zero-order chi connectivity index (χ0) is 13.2. The molecule has 0 fully saturated rings. The van der Waals surface area contributed by atoms with Crippen LogP contribution in [0.25, 0.3) is 0 Å². The number of amides is 1. The number of fused-ring (bicyclic) bond motifs is 1. The Kier molecular flexibility index (Phi) is 3.08. The summed E-state index contributed by atoms with van der Waals surface area (Å²) >= 11 is 0. The number of aromatic amines is 1. The Bertz CT molecular complexity index is 561. The second-order valence-electron chi connectivity index (χ2n) is 4.71. The lowest BCUT2D eigenvalue weighted by Gasteiger charge is -2.23. The molecular weight excluding hydrogens is 244 g/mol. The molecule has 1 unspecified atom stereocenters. The molecule has 3 N–H and O–H groups in total. The van der Waals surface area contributed by atoms with E-state index >= 15 is 0 Å². The third-order valence-corrected chi connectivity index (χ3v) is 3.38. The maximum Gasteiger partial charge on any atom is 0.238 e. The highest BCUT2D eigenvalue weighted by Crippen LogP contribution is 2.15. The summed E-state index contributed by atoms with van der Waals surface area (Å²) in [6, 6.07) is 3.29. The molecule has 1 aliphatic heterocycles. The van der Waals surface area contributed by atoms with Crippen molar-refractivity contribution in [2.45, 2.75) is 32.0 Å². The van der Waals surface area contributed by atoms with Gasteiger partial charge < -0.3 is 14.7 Å². The Morgan fingerprint density at radius 3 is 3.32 bits per heavy atom. The lowest BCUT2D eigenvalue weighted by molar-refractivity contribution is -0.124. The fraction of sp³-hybridized carbons (Fsp3) is 0.385. The van der Waals surface area contributed by atoms with Crippen LogP contribution in [0.3, 0.4) is 0 Å². The summed E-state index contributed by atoms with van der Waals surface area (Å²) in [5.41, 5.74) is 2.02. The van der Waals surface area contributed by atoms with Gasteiger partial charge in [-0.1, -0.05) is 0 Å². The number of furan rings is 1. The van der Waals surface area contributed by atoms with Crippen LogP contribution in [0.2, 0.25) is 0 Å². The highest BCUT2D eigenvalue weighted by Gasteiger charge is 2.26. The average molecular weight is 260 g/mol. The molecular formula is C13H16N4O2. The first-order chi connectivity index (χ1) is 9.24. The summed E-state index contributed by atoms with van der Waals surface area (Å²) < 4.78 is 5.27. The number of nitrogens with one attached hydrogen (secondary N) is 3. The average Bonchev–Trinajstić information content (AvgIpc) is 3.09. The van der Waals surface area contributed by atoms with E-state index in [1.165, 1.54) is 0 Å². The lowest BCUT2D eigenvalue weighted by Crippen LogP contribution is -2.48. The van der Waals surface area contributed by atoms with Crippen LogP contribution >= 0.6 is 0 Å². The molecule has 1 aliphatic rings. The van der Waals surface area contributed by atoms with E-state index in [2.05, 4.69) is 20.6 Å². The van der Waals surface area contributed by atoms with Crippen LogP contribution in [-0.2, 0) is 17.8 Å². The first-order valence-corrected chi connectivity index (χ1v) is 6.32. The van der Waals surface area contributed by atoms with Crippen LogP contribution in [0.1, 0.15) is 30.1 Å². The molecule has 6 nitrogen and oxygen atoms in total. The van der Waals surface area contributed by atoms with E-state index in [1.54, 1.807) is 12.6 Å². The number of imidazole rings is 1. The molecule has 19 heavy (non-hydrogen) atoms. The largest absolute Gasteiger partial charge is 0.467 e. The van der Waals surface area contributed by atoms with Crippen molar-refractivity contribution in [1.82, 2.24) is 20.6 Å². The van der Waals surface area contributed by atoms with Gasteiger partial charge in [0.15, 0.2) is 0 Å². The third kappa shape index (κ3) is 2.39. The van der Waals surface area contributed by atoms with Crippen molar-refractivity contribution in [2.75, 3.05) is 0 Å². The van der Waals surface area contributed by atoms with Crippen LogP contribution in [0.15, 0.2) is 29.1 Å². The zero-order valence-corrected chi connectivity index (χ0v) is 10.6. The van der Waals surface area contributed by atoms with E-state index in [4.69, 9.17) is 4.42 Å². The van der Waals surface area contributed by atoms with Gasteiger partial charge in [0.25, 0.3) is 0 Å². The van der Waals surface area contributed by atoms with Gasteiger partial charge in [0, 0.05) is 13.0 Å². The van der Waals surface area contributed by atoms with E-state index in [1.807, 2.05) is 19.1 Å². The zero-order valence-electron chi connectivity index (χ0n) is 10.6. The Balaban J connectivity index is 1.63. The van der Waals surface area contributed by atoms with Crippen molar-refractivity contribution in [1.29, 1.82) is 0 Å². The van der Waals surface area contributed by atoms with Crippen molar-refractivity contribution in [3.05, 3.63) is 41.9 Å². The monoisotopic (exact) mass is 260 g/mol. The minimum absolute atomic E-state index is 0.0300. The minimum Gasteiger partial charge on any atom is -0.467 e. The molecule has 3 rings (SSSR count). The van der Waals surface area contributed by atoms with Gasteiger partial charge in [-0.15, -0.1) is 0 Å². The first-order valence-electron chi connectivity index (χ1n) is 6.32. The number of hydrogen-bond acceptors (Lipinski definition) is 4. The molecule has 0 bridgehead atoms. The highest BCUT2D eigenvalue weighted by molar-refractivity contribution is 5.82. The quantitative estimate of drug-likeness (QED) is 0.765. The molecule has 0 radical (unpaired) electrons. The molecule has 1 amide bonds. The second-order valence-corrected chi connectivity index (χ2v) is 4.71. The van der Waals surface area contributed by atoms with Gasteiger partial charge in [-0.05, 0) is 19.1 Å². The summed E-state index contributed by atoms with van der Waals surface area (Å²) in [5.74, 6) is 0.724. The fourth-order valence-corrected chi connectivity index (χ4v) is 2.28. The Morgan fingerprint density at radius 2 is 2.53 bits per heavy atom. The van der Waals surface area contributed by atoms with Crippen LogP contribution in [0.4, 0.5) is 0 Å². The van der Waals surface area contributed by atoms with Crippen molar-refractivity contribution in [3.8, 4) is 0 Å². The summed E-state index contributed by atoms with van der Waals surface area (Å²) in [5, 5.41) is 6.14. The topological polar surface area (TPSA) is 83.0 Å². The number of carbonyl (C=O) groups is 1. The molecule has 100 valence electrons. The van der Waals surface area contributed by atoms with Crippen LogP contribution in [-0.4, -0.2) is 21.9 Å². The van der Waals surface area contributed by atoms with Gasteiger partial charge in [-0.25, -0.2) is 4.98 Å². The molecule has 2 aromatic rings. The molecule has 0 saturated carbocycles. The minimum atomic E-state index is -0.242. The smallest absolute Gasteiger partial charge is 0.238 e. The number of H-pyrrole nitrogens is 1. The van der Waals surface area contributed by atoms with Crippen LogP contribution in [0, 0.1) is 0 Å². The van der Waals surface area contributed by atoms with Gasteiger partial charge in [0.05, 0.1) is 36.1 Å². The van der Waals surface area contributed by atoms with Crippen molar-refractivity contribution < 1.29 is 9.21 Å². The van der Waals surface area contributed by atoms with E-state index in [9.17, 15) is 4.79 Å². The van der Waals surface area contributed by atoms with E-state index in [0.717, 1.165) is 17.1 Å². The SMILES string of the molecule is C[C@H](NC(=O)C1Cc2nc[nH]c2CN1)c1ccco1. The predicted octanol–water partition coefficient (Wildman–Crippen LogP) is 0.894. The molecule has 6 heteroatoms. The summed E-state index contributed by atoms with van der Waals surface area (Å²) in [7, 11) is 0. The first kappa shape index (κ1) is 12.0.